The number of hydrogen-bond donors (Lipinski definition) is 3. The van der Waals surface area contributed by atoms with E-state index in [1.165, 1.54) is 7.11 Å². The summed E-state index contributed by atoms with van der Waals surface area (Å²) in [5, 5.41) is 13.6. The van der Waals surface area contributed by atoms with Crippen molar-refractivity contribution >= 4 is 17.7 Å². The molecule has 0 fully saturated rings. The molecule has 0 atom stereocenters. The molecule has 0 aromatic heterocycles. The van der Waals surface area contributed by atoms with Crippen molar-refractivity contribution in [1.29, 1.82) is 0 Å². The fourth-order valence-electron chi connectivity index (χ4n) is 1.34. The number of aliphatic carboxylic acids is 1. The molecule has 3 N–H and O–H groups in total. The van der Waals surface area contributed by atoms with E-state index in [-0.39, 0.29) is 6.42 Å². The van der Waals surface area contributed by atoms with Crippen LogP contribution in [0.25, 0.3) is 0 Å². The second kappa shape index (κ2) is 7.93. The van der Waals surface area contributed by atoms with Crippen molar-refractivity contribution in [3.63, 3.8) is 0 Å². The van der Waals surface area contributed by atoms with E-state index in [4.69, 9.17) is 9.99 Å². The molecule has 19 heavy (non-hydrogen) atoms. The van der Waals surface area contributed by atoms with Crippen LogP contribution in [-0.4, -0.2) is 30.8 Å². The molecule has 0 unspecified atom stereocenters. The molecular formula is C12H16N2O5. The molecule has 0 aliphatic rings. The number of amides is 2. The summed E-state index contributed by atoms with van der Waals surface area (Å²) < 4.78 is 0. The van der Waals surface area contributed by atoms with Gasteiger partial charge in [0.15, 0.2) is 5.75 Å². The Morgan fingerprint density at radius 2 is 2.16 bits per heavy atom. The number of carboxylic acid groups (broad SMARTS) is 1. The number of carbonyl (C=O) groups is 2. The van der Waals surface area contributed by atoms with Crippen molar-refractivity contribution in [2.24, 2.45) is 0 Å². The van der Waals surface area contributed by atoms with Gasteiger partial charge in [0.1, 0.15) is 0 Å². The molecule has 1 aromatic rings. The van der Waals surface area contributed by atoms with Gasteiger partial charge in [0.05, 0.1) is 7.11 Å². The predicted molar refractivity (Wildman–Crippen MR) is 68.0 cm³/mol. The molecule has 0 heterocycles. The first-order valence-electron chi connectivity index (χ1n) is 5.69. The standard InChI is InChI=1S/C12H16N2O5/c1-18-19-10-5-2-4-9(8-10)14-12(17)13-7-3-6-11(15)16/h2,4-5,8H,3,6-7H2,1H3,(H,15,16)(H2,13,14,17). The Morgan fingerprint density at radius 1 is 1.37 bits per heavy atom. The third-order valence-electron chi connectivity index (χ3n) is 2.12. The van der Waals surface area contributed by atoms with Crippen molar-refractivity contribution in [2.75, 3.05) is 19.0 Å². The Morgan fingerprint density at radius 3 is 2.84 bits per heavy atom. The number of hydrogen-bond acceptors (Lipinski definition) is 4. The first-order chi connectivity index (χ1) is 9.11. The Labute approximate surface area is 110 Å². The number of benzene rings is 1. The lowest BCUT2D eigenvalue weighted by Gasteiger charge is -2.08. The van der Waals surface area contributed by atoms with Crippen molar-refractivity contribution in [2.45, 2.75) is 12.8 Å². The summed E-state index contributed by atoms with van der Waals surface area (Å²) in [7, 11) is 1.38. The number of nitrogens with one attached hydrogen (secondary N) is 2. The van der Waals surface area contributed by atoms with Crippen LogP contribution in [0.2, 0.25) is 0 Å². The maximum atomic E-state index is 11.5. The monoisotopic (exact) mass is 268 g/mol. The van der Waals surface area contributed by atoms with Gasteiger partial charge in [-0.2, -0.15) is 4.89 Å². The van der Waals surface area contributed by atoms with Crippen molar-refractivity contribution in [3.05, 3.63) is 24.3 Å². The van der Waals surface area contributed by atoms with Crippen molar-refractivity contribution in [1.82, 2.24) is 5.32 Å². The maximum Gasteiger partial charge on any atom is 0.319 e. The van der Waals surface area contributed by atoms with Crippen LogP contribution in [0.3, 0.4) is 0 Å². The molecule has 0 bridgehead atoms. The van der Waals surface area contributed by atoms with Gasteiger partial charge >= 0.3 is 12.0 Å². The summed E-state index contributed by atoms with van der Waals surface area (Å²) in [5.74, 6) is -0.419. The number of carboxylic acids is 1. The number of anilines is 1. The van der Waals surface area contributed by atoms with Crippen molar-refractivity contribution in [3.8, 4) is 5.75 Å². The Kier molecular flexibility index (Phi) is 6.17. The van der Waals surface area contributed by atoms with Gasteiger partial charge in [-0.05, 0) is 18.6 Å². The topological polar surface area (TPSA) is 96.9 Å². The van der Waals surface area contributed by atoms with Gasteiger partial charge in [-0.25, -0.2) is 4.79 Å². The zero-order valence-corrected chi connectivity index (χ0v) is 10.5. The number of carbonyl (C=O) groups excluding carboxylic acids is 1. The van der Waals surface area contributed by atoms with Crippen molar-refractivity contribution < 1.29 is 24.5 Å². The third kappa shape index (κ3) is 6.27. The quantitative estimate of drug-likeness (QED) is 0.396. The SMILES string of the molecule is COOc1cccc(NC(=O)NCCCC(=O)O)c1. The van der Waals surface area contributed by atoms with Crippen LogP contribution in [0.1, 0.15) is 12.8 Å². The summed E-state index contributed by atoms with van der Waals surface area (Å²) >= 11 is 0. The Bertz CT molecular complexity index is 436. The van der Waals surface area contributed by atoms with E-state index in [1.54, 1.807) is 24.3 Å². The lowest BCUT2D eigenvalue weighted by molar-refractivity contribution is -0.178. The average Bonchev–Trinajstić information content (AvgIpc) is 2.35. The zero-order chi connectivity index (χ0) is 14.1. The summed E-state index contributed by atoms with van der Waals surface area (Å²) in [6.07, 6.45) is 0.410. The molecule has 104 valence electrons. The minimum absolute atomic E-state index is 0.0252. The molecule has 7 nitrogen and oxygen atoms in total. The molecule has 7 heteroatoms. The van der Waals surface area contributed by atoms with Crippen LogP contribution in [0.5, 0.6) is 5.75 Å². The van der Waals surface area contributed by atoms with E-state index in [9.17, 15) is 9.59 Å². The van der Waals surface area contributed by atoms with Gasteiger partial charge in [-0.15, -0.1) is 0 Å². The van der Waals surface area contributed by atoms with Crippen LogP contribution in [-0.2, 0) is 9.68 Å². The van der Waals surface area contributed by atoms with E-state index >= 15 is 0 Å². The van der Waals surface area contributed by atoms with Gasteiger partial charge < -0.3 is 20.6 Å². The molecule has 0 spiro atoms. The maximum absolute atomic E-state index is 11.5. The van der Waals surface area contributed by atoms with Crippen LogP contribution < -0.4 is 15.5 Å². The zero-order valence-electron chi connectivity index (χ0n) is 10.5. The fourth-order valence-corrected chi connectivity index (χ4v) is 1.34. The number of rotatable bonds is 7. The highest BCUT2D eigenvalue weighted by Crippen LogP contribution is 2.17. The summed E-state index contributed by atoms with van der Waals surface area (Å²) in [4.78, 5) is 31.1. The molecule has 2 amide bonds. The first kappa shape index (κ1) is 14.8. The van der Waals surface area contributed by atoms with Crippen LogP contribution >= 0.6 is 0 Å². The molecule has 1 rings (SSSR count). The second-order valence-electron chi connectivity index (χ2n) is 3.66. The average molecular weight is 268 g/mol. The highest BCUT2D eigenvalue weighted by molar-refractivity contribution is 5.89. The molecular weight excluding hydrogens is 252 g/mol. The Hall–Kier alpha value is -2.28. The lowest BCUT2D eigenvalue weighted by atomic mass is 10.3. The summed E-state index contributed by atoms with van der Waals surface area (Å²) in [6, 6.07) is 6.27. The van der Waals surface area contributed by atoms with Crippen LogP contribution in [0.15, 0.2) is 24.3 Å². The largest absolute Gasteiger partial charge is 0.481 e. The van der Waals surface area contributed by atoms with Gasteiger partial charge in [0.2, 0.25) is 0 Å². The highest BCUT2D eigenvalue weighted by Gasteiger charge is 2.03. The molecule has 0 radical (unpaired) electrons. The minimum Gasteiger partial charge on any atom is -0.481 e. The second-order valence-corrected chi connectivity index (χ2v) is 3.66. The molecule has 0 aliphatic carbocycles. The molecule has 0 saturated heterocycles. The van der Waals surface area contributed by atoms with E-state index < -0.39 is 12.0 Å². The van der Waals surface area contributed by atoms with Gasteiger partial charge in [-0.3, -0.25) is 4.79 Å². The molecule has 0 aliphatic heterocycles. The summed E-state index contributed by atoms with van der Waals surface area (Å²) in [5.41, 5.74) is 0.547. The van der Waals surface area contributed by atoms with E-state index in [0.717, 1.165) is 0 Å². The van der Waals surface area contributed by atoms with E-state index in [0.29, 0.717) is 24.4 Å². The predicted octanol–water partition coefficient (Wildman–Crippen LogP) is 1.61. The number of urea groups is 1. The minimum atomic E-state index is -0.883. The van der Waals surface area contributed by atoms with Crippen LogP contribution in [0.4, 0.5) is 10.5 Å². The fraction of sp³-hybridized carbons (Fsp3) is 0.333. The third-order valence-corrected chi connectivity index (χ3v) is 2.12. The van der Waals surface area contributed by atoms with E-state index in [2.05, 4.69) is 15.5 Å². The lowest BCUT2D eigenvalue weighted by Crippen LogP contribution is -2.29. The molecule has 1 aromatic carbocycles. The Balaban J connectivity index is 2.35. The van der Waals surface area contributed by atoms with Gasteiger partial charge in [0, 0.05) is 24.7 Å². The van der Waals surface area contributed by atoms with E-state index in [1.807, 2.05) is 0 Å². The highest BCUT2D eigenvalue weighted by atomic mass is 17.2. The summed E-state index contributed by atoms with van der Waals surface area (Å²) in [6.45, 7) is 0.298. The van der Waals surface area contributed by atoms with Gasteiger partial charge in [0.25, 0.3) is 0 Å². The first-order valence-corrected chi connectivity index (χ1v) is 5.69. The normalized spacial score (nSPS) is 9.74. The van der Waals surface area contributed by atoms with Crippen LogP contribution in [0, 0.1) is 0 Å². The molecule has 0 saturated carbocycles. The van der Waals surface area contributed by atoms with Gasteiger partial charge in [-0.1, -0.05) is 6.07 Å². The smallest absolute Gasteiger partial charge is 0.319 e.